The average Bonchev–Trinajstić information content (AvgIpc) is 2.61. The number of halogens is 1. The summed E-state index contributed by atoms with van der Waals surface area (Å²) in [5.41, 5.74) is 0.748. The molecule has 2 heterocycles. The van der Waals surface area contributed by atoms with Crippen molar-refractivity contribution < 1.29 is 4.92 Å². The third-order valence-corrected chi connectivity index (χ3v) is 4.56. The molecule has 1 aliphatic rings. The van der Waals surface area contributed by atoms with Crippen molar-refractivity contribution >= 4 is 28.9 Å². The molecule has 0 saturated carbocycles. The molecule has 1 aliphatic heterocycles. The zero-order valence-electron chi connectivity index (χ0n) is 13.9. The highest BCUT2D eigenvalue weighted by Crippen LogP contribution is 2.32. The first-order valence-electron chi connectivity index (χ1n) is 7.96. The second-order valence-electron chi connectivity index (χ2n) is 5.89. The van der Waals surface area contributed by atoms with E-state index < -0.39 is 4.92 Å². The van der Waals surface area contributed by atoms with Crippen molar-refractivity contribution in [2.75, 3.05) is 43.4 Å². The SMILES string of the molecule is CN1CCN(c2ncnc(NCc3ccccc3Cl)c2[N+](=O)[O-])CC1. The Morgan fingerprint density at radius 3 is 2.64 bits per heavy atom. The predicted molar refractivity (Wildman–Crippen MR) is 97.2 cm³/mol. The fourth-order valence-electron chi connectivity index (χ4n) is 2.74. The van der Waals surface area contributed by atoms with Gasteiger partial charge in [0, 0.05) is 37.7 Å². The Kier molecular flexibility index (Phi) is 5.30. The predicted octanol–water partition coefficient (Wildman–Crippen LogP) is 2.40. The lowest BCUT2D eigenvalue weighted by atomic mass is 10.2. The maximum Gasteiger partial charge on any atom is 0.353 e. The monoisotopic (exact) mass is 362 g/mol. The minimum absolute atomic E-state index is 0.0980. The molecular weight excluding hydrogens is 344 g/mol. The van der Waals surface area contributed by atoms with Gasteiger partial charge < -0.3 is 15.1 Å². The van der Waals surface area contributed by atoms with Crippen LogP contribution >= 0.6 is 11.6 Å². The minimum atomic E-state index is -0.428. The van der Waals surface area contributed by atoms with Gasteiger partial charge in [0.2, 0.25) is 11.6 Å². The van der Waals surface area contributed by atoms with E-state index in [4.69, 9.17) is 11.6 Å². The van der Waals surface area contributed by atoms with E-state index in [0.717, 1.165) is 18.7 Å². The highest BCUT2D eigenvalue weighted by molar-refractivity contribution is 6.31. The van der Waals surface area contributed by atoms with Gasteiger partial charge in [-0.05, 0) is 18.7 Å². The largest absolute Gasteiger partial charge is 0.360 e. The summed E-state index contributed by atoms with van der Waals surface area (Å²) in [6.45, 7) is 3.41. The molecule has 1 saturated heterocycles. The van der Waals surface area contributed by atoms with E-state index in [1.807, 2.05) is 30.1 Å². The third-order valence-electron chi connectivity index (χ3n) is 4.19. The molecule has 0 amide bonds. The first-order valence-corrected chi connectivity index (χ1v) is 8.34. The van der Waals surface area contributed by atoms with Crippen LogP contribution < -0.4 is 10.2 Å². The van der Waals surface area contributed by atoms with Crippen molar-refractivity contribution in [3.63, 3.8) is 0 Å². The molecule has 1 aromatic heterocycles. The number of aromatic nitrogens is 2. The Morgan fingerprint density at radius 1 is 1.24 bits per heavy atom. The molecule has 0 atom stereocenters. The lowest BCUT2D eigenvalue weighted by Crippen LogP contribution is -2.45. The van der Waals surface area contributed by atoms with Gasteiger partial charge in [0.1, 0.15) is 6.33 Å². The number of piperazine rings is 1. The molecule has 0 aliphatic carbocycles. The van der Waals surface area contributed by atoms with Crippen LogP contribution in [0.4, 0.5) is 17.3 Å². The fourth-order valence-corrected chi connectivity index (χ4v) is 2.94. The maximum absolute atomic E-state index is 11.7. The van der Waals surface area contributed by atoms with Gasteiger partial charge in [0.15, 0.2) is 0 Å². The first kappa shape index (κ1) is 17.4. The van der Waals surface area contributed by atoms with E-state index >= 15 is 0 Å². The summed E-state index contributed by atoms with van der Waals surface area (Å²) in [5, 5.41) is 15.3. The number of nitrogens with zero attached hydrogens (tertiary/aromatic N) is 5. The van der Waals surface area contributed by atoms with Gasteiger partial charge in [-0.15, -0.1) is 0 Å². The van der Waals surface area contributed by atoms with E-state index in [-0.39, 0.29) is 11.5 Å². The number of likely N-dealkylation sites (N-methyl/N-ethyl adjacent to an activating group) is 1. The van der Waals surface area contributed by atoms with Crippen LogP contribution in [0, 0.1) is 10.1 Å². The average molecular weight is 363 g/mol. The number of benzene rings is 1. The van der Waals surface area contributed by atoms with E-state index in [1.165, 1.54) is 6.33 Å². The number of hydrogen-bond donors (Lipinski definition) is 1. The summed E-state index contributed by atoms with van der Waals surface area (Å²) in [7, 11) is 2.03. The van der Waals surface area contributed by atoms with Crippen molar-refractivity contribution in [3.05, 3.63) is 51.3 Å². The van der Waals surface area contributed by atoms with Crippen LogP contribution in [0.25, 0.3) is 0 Å². The van der Waals surface area contributed by atoms with Crippen LogP contribution in [0.1, 0.15) is 5.56 Å². The van der Waals surface area contributed by atoms with E-state index in [0.29, 0.717) is 30.5 Å². The van der Waals surface area contributed by atoms with Gasteiger partial charge in [-0.2, -0.15) is 0 Å². The summed E-state index contributed by atoms with van der Waals surface area (Å²) >= 11 is 6.14. The summed E-state index contributed by atoms with van der Waals surface area (Å²) in [4.78, 5) is 23.6. The van der Waals surface area contributed by atoms with E-state index in [9.17, 15) is 10.1 Å². The van der Waals surface area contributed by atoms with Crippen molar-refractivity contribution in [3.8, 4) is 0 Å². The topological polar surface area (TPSA) is 87.4 Å². The second kappa shape index (κ2) is 7.62. The third kappa shape index (κ3) is 3.97. The lowest BCUT2D eigenvalue weighted by molar-refractivity contribution is -0.383. The number of nitrogens with one attached hydrogen (secondary N) is 1. The smallest absolute Gasteiger partial charge is 0.353 e. The maximum atomic E-state index is 11.7. The molecular formula is C16H19ClN6O2. The van der Waals surface area contributed by atoms with Gasteiger partial charge in [-0.3, -0.25) is 10.1 Å². The minimum Gasteiger partial charge on any atom is -0.360 e. The quantitative estimate of drug-likeness (QED) is 0.645. The molecule has 9 heteroatoms. The van der Waals surface area contributed by atoms with Crippen LogP contribution in [0.15, 0.2) is 30.6 Å². The Hall–Kier alpha value is -2.45. The summed E-state index contributed by atoms with van der Waals surface area (Å²) in [6.07, 6.45) is 1.36. The summed E-state index contributed by atoms with van der Waals surface area (Å²) in [6, 6.07) is 7.35. The van der Waals surface area contributed by atoms with Crippen LogP contribution in [0.5, 0.6) is 0 Å². The van der Waals surface area contributed by atoms with Gasteiger partial charge in [0.05, 0.1) is 4.92 Å². The first-order chi connectivity index (χ1) is 12.1. The molecule has 2 aromatic rings. The Balaban J connectivity index is 1.85. The van der Waals surface area contributed by atoms with Gasteiger partial charge in [-0.1, -0.05) is 29.8 Å². The normalized spacial score (nSPS) is 15.2. The fraction of sp³-hybridized carbons (Fsp3) is 0.375. The van der Waals surface area contributed by atoms with Crippen molar-refractivity contribution in [1.82, 2.24) is 14.9 Å². The van der Waals surface area contributed by atoms with E-state index in [1.54, 1.807) is 6.07 Å². The van der Waals surface area contributed by atoms with Crippen LogP contribution in [0.3, 0.4) is 0 Å². The standard InChI is InChI=1S/C16H19ClN6O2/c1-21-6-8-22(9-7-21)16-14(23(24)25)15(19-11-20-16)18-10-12-4-2-3-5-13(12)17/h2-5,11H,6-10H2,1H3,(H,18,19,20). The lowest BCUT2D eigenvalue weighted by Gasteiger charge is -2.32. The van der Waals surface area contributed by atoms with Gasteiger partial charge in [0.25, 0.3) is 0 Å². The second-order valence-corrected chi connectivity index (χ2v) is 6.29. The van der Waals surface area contributed by atoms with Gasteiger partial charge >= 0.3 is 5.69 Å². The summed E-state index contributed by atoms with van der Waals surface area (Å²) in [5.74, 6) is 0.559. The van der Waals surface area contributed by atoms with Gasteiger partial charge in [-0.25, -0.2) is 9.97 Å². The molecule has 1 aromatic carbocycles. The highest BCUT2D eigenvalue weighted by Gasteiger charge is 2.28. The number of anilines is 2. The van der Waals surface area contributed by atoms with Crippen molar-refractivity contribution in [2.24, 2.45) is 0 Å². The zero-order chi connectivity index (χ0) is 17.8. The zero-order valence-corrected chi connectivity index (χ0v) is 14.6. The molecule has 8 nitrogen and oxygen atoms in total. The highest BCUT2D eigenvalue weighted by atomic mass is 35.5. The molecule has 1 N–H and O–H groups in total. The van der Waals surface area contributed by atoms with E-state index in [2.05, 4.69) is 20.2 Å². The van der Waals surface area contributed by atoms with Crippen LogP contribution in [-0.2, 0) is 6.54 Å². The molecule has 0 radical (unpaired) electrons. The Bertz CT molecular complexity index is 764. The molecule has 3 rings (SSSR count). The molecule has 0 unspecified atom stereocenters. The Morgan fingerprint density at radius 2 is 1.96 bits per heavy atom. The number of nitro groups is 1. The Labute approximate surface area is 150 Å². The van der Waals surface area contributed by atoms with Crippen molar-refractivity contribution in [1.29, 1.82) is 0 Å². The number of rotatable bonds is 5. The molecule has 25 heavy (non-hydrogen) atoms. The molecule has 1 fully saturated rings. The number of hydrogen-bond acceptors (Lipinski definition) is 7. The molecule has 0 spiro atoms. The molecule has 0 bridgehead atoms. The van der Waals surface area contributed by atoms with Crippen molar-refractivity contribution in [2.45, 2.75) is 6.54 Å². The van der Waals surface area contributed by atoms with Crippen LogP contribution in [-0.4, -0.2) is 53.0 Å². The van der Waals surface area contributed by atoms with Crippen LogP contribution in [0.2, 0.25) is 5.02 Å². The molecule has 132 valence electrons. The summed E-state index contributed by atoms with van der Waals surface area (Å²) < 4.78 is 0.